The molecule has 1 aromatic carbocycles. The van der Waals surface area contributed by atoms with E-state index in [9.17, 15) is 9.50 Å². The zero-order chi connectivity index (χ0) is 16.8. The number of hydrogen-bond donors (Lipinski definition) is 2. The van der Waals surface area contributed by atoms with Crippen LogP contribution in [0, 0.1) is 19.7 Å². The number of hydrogen-bond acceptors (Lipinski definition) is 5. The molecule has 0 amide bonds. The molecule has 2 aromatic rings. The van der Waals surface area contributed by atoms with Crippen LogP contribution in [-0.2, 0) is 5.54 Å². The van der Waals surface area contributed by atoms with Crippen molar-refractivity contribution in [3.8, 4) is 0 Å². The highest BCUT2D eigenvalue weighted by atomic mass is 19.1. The van der Waals surface area contributed by atoms with Gasteiger partial charge >= 0.3 is 0 Å². The normalized spacial score (nSPS) is 23.2. The molecular formula is C17H22FN3O2. The second-order valence-corrected chi connectivity index (χ2v) is 6.50. The van der Waals surface area contributed by atoms with E-state index in [0.717, 1.165) is 22.5 Å². The quantitative estimate of drug-likeness (QED) is 0.906. The fourth-order valence-electron chi connectivity index (χ4n) is 3.87. The summed E-state index contributed by atoms with van der Waals surface area (Å²) in [6.07, 6.45) is 0. The van der Waals surface area contributed by atoms with Gasteiger partial charge in [-0.1, -0.05) is 5.16 Å². The Bertz CT molecular complexity index is 709. The number of rotatable bonds is 4. The van der Waals surface area contributed by atoms with Gasteiger partial charge in [0.2, 0.25) is 0 Å². The average Bonchev–Trinajstić information content (AvgIpc) is 2.95. The van der Waals surface area contributed by atoms with Crippen LogP contribution in [0.25, 0.3) is 0 Å². The summed E-state index contributed by atoms with van der Waals surface area (Å²) in [7, 11) is 3.94. The lowest BCUT2D eigenvalue weighted by molar-refractivity contribution is 0.192. The molecule has 0 radical (unpaired) electrons. The monoisotopic (exact) mass is 319 g/mol. The first-order valence-corrected chi connectivity index (χ1v) is 7.65. The lowest BCUT2D eigenvalue weighted by Gasteiger charge is -2.38. The largest absolute Gasteiger partial charge is 0.396 e. The molecule has 1 aromatic heterocycles. The molecule has 6 heteroatoms. The van der Waals surface area contributed by atoms with Gasteiger partial charge in [-0.25, -0.2) is 4.39 Å². The van der Waals surface area contributed by atoms with Gasteiger partial charge in [0, 0.05) is 23.7 Å². The van der Waals surface area contributed by atoms with E-state index in [0.29, 0.717) is 12.3 Å². The van der Waals surface area contributed by atoms with Crippen LogP contribution >= 0.6 is 0 Å². The first kappa shape index (κ1) is 16.0. The van der Waals surface area contributed by atoms with E-state index in [4.69, 9.17) is 4.52 Å². The third-order valence-corrected chi connectivity index (χ3v) is 4.57. The third-order valence-electron chi connectivity index (χ3n) is 4.57. The van der Waals surface area contributed by atoms with Crippen molar-refractivity contribution in [3.05, 3.63) is 46.6 Å². The van der Waals surface area contributed by atoms with E-state index >= 15 is 0 Å². The summed E-state index contributed by atoms with van der Waals surface area (Å²) in [5.41, 5.74) is 2.73. The second-order valence-electron chi connectivity index (χ2n) is 6.50. The number of anilines is 1. The van der Waals surface area contributed by atoms with Gasteiger partial charge in [-0.15, -0.1) is 0 Å². The molecule has 23 heavy (non-hydrogen) atoms. The summed E-state index contributed by atoms with van der Waals surface area (Å²) in [4.78, 5) is 2.05. The van der Waals surface area contributed by atoms with Gasteiger partial charge in [-0.3, -0.25) is 0 Å². The SMILES string of the molecule is Cc1noc(C)c1C1(CN(C)C)Nc2ccc(F)cc2C1CO. The Morgan fingerprint density at radius 2 is 2.13 bits per heavy atom. The van der Waals surface area contributed by atoms with Crippen LogP contribution in [-0.4, -0.2) is 42.4 Å². The molecule has 2 unspecified atom stereocenters. The first-order chi connectivity index (χ1) is 10.9. The number of likely N-dealkylation sites (N-methyl/N-ethyl adjacent to an activating group) is 1. The van der Waals surface area contributed by atoms with Crippen molar-refractivity contribution in [3.63, 3.8) is 0 Å². The number of fused-ring (bicyclic) bond motifs is 1. The minimum atomic E-state index is -0.609. The van der Waals surface area contributed by atoms with Crippen LogP contribution in [0.2, 0.25) is 0 Å². The van der Waals surface area contributed by atoms with E-state index < -0.39 is 5.54 Å². The minimum absolute atomic E-state index is 0.0959. The van der Waals surface area contributed by atoms with E-state index in [2.05, 4.69) is 10.5 Å². The predicted octanol–water partition coefficient (Wildman–Crippen LogP) is 2.39. The Hall–Kier alpha value is -1.92. The smallest absolute Gasteiger partial charge is 0.139 e. The molecule has 2 heterocycles. The number of nitrogens with one attached hydrogen (secondary N) is 1. The number of aliphatic hydroxyl groups excluding tert-OH is 1. The Labute approximate surface area is 135 Å². The Morgan fingerprint density at radius 1 is 1.39 bits per heavy atom. The highest BCUT2D eigenvalue weighted by Crippen LogP contribution is 2.50. The van der Waals surface area contributed by atoms with Crippen LogP contribution in [0.1, 0.15) is 28.5 Å². The molecule has 2 atom stereocenters. The molecular weight excluding hydrogens is 297 g/mol. The van der Waals surface area contributed by atoms with Gasteiger partial charge in [-0.2, -0.15) is 0 Å². The highest BCUT2D eigenvalue weighted by Gasteiger charge is 2.50. The third kappa shape index (κ3) is 2.42. The van der Waals surface area contributed by atoms with Crippen LogP contribution in [0.15, 0.2) is 22.7 Å². The zero-order valence-corrected chi connectivity index (χ0v) is 13.9. The Balaban J connectivity index is 2.22. The summed E-state index contributed by atoms with van der Waals surface area (Å²) in [5.74, 6) is 0.124. The molecule has 0 aliphatic carbocycles. The van der Waals surface area contributed by atoms with Gasteiger partial charge in [0.1, 0.15) is 11.6 Å². The molecule has 5 nitrogen and oxygen atoms in total. The van der Waals surface area contributed by atoms with Crippen molar-refractivity contribution in [1.82, 2.24) is 10.1 Å². The summed E-state index contributed by atoms with van der Waals surface area (Å²) in [5, 5.41) is 17.7. The van der Waals surface area contributed by atoms with Gasteiger partial charge in [0.15, 0.2) is 0 Å². The Morgan fingerprint density at radius 3 is 2.70 bits per heavy atom. The van der Waals surface area contributed by atoms with Crippen LogP contribution < -0.4 is 5.32 Å². The van der Waals surface area contributed by atoms with Crippen LogP contribution in [0.4, 0.5) is 10.1 Å². The first-order valence-electron chi connectivity index (χ1n) is 7.65. The summed E-state index contributed by atoms with van der Waals surface area (Å²) < 4.78 is 19.1. The lowest BCUT2D eigenvalue weighted by Crippen LogP contribution is -2.47. The van der Waals surface area contributed by atoms with Crippen LogP contribution in [0.5, 0.6) is 0 Å². The number of halogens is 1. The summed E-state index contributed by atoms with van der Waals surface area (Å²) in [6.45, 7) is 4.29. The van der Waals surface area contributed by atoms with Gasteiger partial charge < -0.3 is 19.8 Å². The van der Waals surface area contributed by atoms with E-state index in [1.807, 2.05) is 32.8 Å². The molecule has 0 fully saturated rings. The van der Waals surface area contributed by atoms with Gasteiger partial charge in [-0.05, 0) is 51.7 Å². The summed E-state index contributed by atoms with van der Waals surface area (Å²) >= 11 is 0. The molecule has 0 spiro atoms. The Kier molecular flexibility index (Phi) is 3.90. The van der Waals surface area contributed by atoms with Crippen molar-refractivity contribution in [1.29, 1.82) is 0 Å². The van der Waals surface area contributed by atoms with Crippen LogP contribution in [0.3, 0.4) is 0 Å². The number of aryl methyl sites for hydroxylation is 2. The highest BCUT2D eigenvalue weighted by molar-refractivity contribution is 5.65. The standard InChI is InChI=1S/C17H22FN3O2/c1-10-16(11(2)23-20-10)17(9-21(3)4)14(8-22)13-7-12(18)5-6-15(13)19-17/h5-7,14,19,22H,8-9H2,1-4H3. The molecule has 3 rings (SSSR count). The number of benzene rings is 1. The maximum absolute atomic E-state index is 13.7. The number of nitrogens with zero attached hydrogens (tertiary/aromatic N) is 2. The molecule has 124 valence electrons. The summed E-state index contributed by atoms with van der Waals surface area (Å²) in [6, 6.07) is 4.65. The molecule has 0 bridgehead atoms. The minimum Gasteiger partial charge on any atom is -0.396 e. The van der Waals surface area contributed by atoms with Gasteiger partial charge in [0.25, 0.3) is 0 Å². The maximum atomic E-state index is 13.7. The molecule has 1 aliphatic heterocycles. The zero-order valence-electron chi connectivity index (χ0n) is 13.9. The molecule has 2 N–H and O–H groups in total. The lowest BCUT2D eigenvalue weighted by atomic mass is 9.76. The number of aromatic nitrogens is 1. The van der Waals surface area contributed by atoms with Crippen molar-refractivity contribution < 1.29 is 14.0 Å². The topological polar surface area (TPSA) is 61.5 Å². The van der Waals surface area contributed by atoms with E-state index in [1.165, 1.54) is 12.1 Å². The van der Waals surface area contributed by atoms with Crippen molar-refractivity contribution in [2.45, 2.75) is 25.3 Å². The molecule has 0 saturated heterocycles. The van der Waals surface area contributed by atoms with Gasteiger partial charge in [0.05, 0.1) is 17.8 Å². The fourth-order valence-corrected chi connectivity index (χ4v) is 3.87. The maximum Gasteiger partial charge on any atom is 0.139 e. The van der Waals surface area contributed by atoms with E-state index in [-0.39, 0.29) is 18.3 Å². The fraction of sp³-hybridized carbons (Fsp3) is 0.471. The number of aliphatic hydroxyl groups is 1. The molecule has 1 aliphatic rings. The molecule has 0 saturated carbocycles. The van der Waals surface area contributed by atoms with E-state index in [1.54, 1.807) is 6.07 Å². The second kappa shape index (κ2) is 5.62. The van der Waals surface area contributed by atoms with Crippen molar-refractivity contribution in [2.24, 2.45) is 0 Å². The van der Waals surface area contributed by atoms with Crippen molar-refractivity contribution in [2.75, 3.05) is 32.6 Å². The van der Waals surface area contributed by atoms with Crippen molar-refractivity contribution >= 4 is 5.69 Å². The predicted molar refractivity (Wildman–Crippen MR) is 86.1 cm³/mol. The average molecular weight is 319 g/mol.